The minimum atomic E-state index is -0.344. The zero-order valence-electron chi connectivity index (χ0n) is 12.7. The van der Waals surface area contributed by atoms with Gasteiger partial charge >= 0.3 is 5.97 Å². The Kier molecular flexibility index (Phi) is 5.04. The molecule has 0 aliphatic rings. The van der Waals surface area contributed by atoms with Crippen LogP contribution in [0.2, 0.25) is 0 Å². The number of carbonyl (C=O) groups excluding carboxylic acids is 1. The summed E-state index contributed by atoms with van der Waals surface area (Å²) in [6.07, 6.45) is 5.77. The number of aromatic nitrogens is 2. The summed E-state index contributed by atoms with van der Waals surface area (Å²) < 4.78 is 4.85. The third kappa shape index (κ3) is 4.38. The Balaban J connectivity index is 2.20. The maximum absolute atomic E-state index is 11.3. The summed E-state index contributed by atoms with van der Waals surface area (Å²) in [4.78, 5) is 20.2. The highest BCUT2D eigenvalue weighted by molar-refractivity contribution is 5.88. The van der Waals surface area contributed by atoms with Gasteiger partial charge in [0.1, 0.15) is 0 Å². The number of rotatable bonds is 5. The Morgan fingerprint density at radius 3 is 2.90 bits per heavy atom. The number of ether oxygens (including phenoxy) is 1. The number of hydrogen-bond donors (Lipinski definition) is 0. The molecule has 2 aromatic heterocycles. The first-order valence-corrected chi connectivity index (χ1v) is 7.19. The van der Waals surface area contributed by atoms with Crippen LogP contribution in [0.15, 0.2) is 30.5 Å². The van der Waals surface area contributed by atoms with E-state index in [0.29, 0.717) is 12.5 Å². The molecule has 0 spiro atoms. The van der Waals surface area contributed by atoms with Gasteiger partial charge in [-0.25, -0.2) is 14.8 Å². The van der Waals surface area contributed by atoms with Crippen LogP contribution in [0.4, 0.5) is 0 Å². The van der Waals surface area contributed by atoms with Crippen molar-refractivity contribution in [3.05, 3.63) is 41.7 Å². The second kappa shape index (κ2) is 6.97. The van der Waals surface area contributed by atoms with E-state index in [1.165, 1.54) is 6.08 Å². The molecule has 4 nitrogen and oxygen atoms in total. The van der Waals surface area contributed by atoms with Crippen LogP contribution in [0.1, 0.15) is 32.0 Å². The van der Waals surface area contributed by atoms with Crippen LogP contribution in [-0.4, -0.2) is 22.5 Å². The van der Waals surface area contributed by atoms with E-state index in [0.717, 1.165) is 28.7 Å². The van der Waals surface area contributed by atoms with E-state index in [9.17, 15) is 4.79 Å². The molecule has 0 bridgehead atoms. The first-order chi connectivity index (χ1) is 10.1. The molecule has 4 heteroatoms. The molecule has 0 amide bonds. The average molecular weight is 284 g/mol. The topological polar surface area (TPSA) is 52.1 Å². The molecule has 110 valence electrons. The van der Waals surface area contributed by atoms with E-state index in [2.05, 4.69) is 23.8 Å². The van der Waals surface area contributed by atoms with E-state index in [-0.39, 0.29) is 5.97 Å². The fraction of sp³-hybridized carbons (Fsp3) is 0.353. The number of fused-ring (bicyclic) bond motifs is 1. The van der Waals surface area contributed by atoms with Crippen molar-refractivity contribution in [2.75, 3.05) is 6.61 Å². The van der Waals surface area contributed by atoms with Gasteiger partial charge < -0.3 is 4.74 Å². The number of nitrogens with zero attached hydrogens (tertiary/aromatic N) is 2. The molecular weight excluding hydrogens is 264 g/mol. The SMILES string of the molecule is CCOC(=O)/C=C/c1cnc2nc(CC(C)C)ccc2c1. The molecule has 2 aromatic rings. The van der Waals surface area contributed by atoms with E-state index in [4.69, 9.17) is 4.74 Å². The normalized spacial score (nSPS) is 11.4. The molecule has 0 atom stereocenters. The number of carbonyl (C=O) groups is 1. The summed E-state index contributed by atoms with van der Waals surface area (Å²) in [5.74, 6) is 0.227. The quantitative estimate of drug-likeness (QED) is 0.623. The minimum absolute atomic E-state index is 0.344. The Bertz CT molecular complexity index is 663. The summed E-state index contributed by atoms with van der Waals surface area (Å²) >= 11 is 0. The van der Waals surface area contributed by atoms with Crippen LogP contribution >= 0.6 is 0 Å². The summed E-state index contributed by atoms with van der Waals surface area (Å²) in [5.41, 5.74) is 2.65. The molecular formula is C17H20N2O2. The van der Waals surface area contributed by atoms with Crippen LogP contribution in [0, 0.1) is 5.92 Å². The van der Waals surface area contributed by atoms with Crippen molar-refractivity contribution in [2.24, 2.45) is 5.92 Å². The second-order valence-corrected chi connectivity index (χ2v) is 5.30. The van der Waals surface area contributed by atoms with Crippen molar-refractivity contribution >= 4 is 23.1 Å². The summed E-state index contributed by atoms with van der Waals surface area (Å²) in [6.45, 7) is 6.50. The minimum Gasteiger partial charge on any atom is -0.463 e. The van der Waals surface area contributed by atoms with Gasteiger partial charge in [-0.3, -0.25) is 0 Å². The highest BCUT2D eigenvalue weighted by Crippen LogP contribution is 2.15. The van der Waals surface area contributed by atoms with Gasteiger partial charge in [-0.05, 0) is 49.1 Å². The Hall–Kier alpha value is -2.23. The van der Waals surface area contributed by atoms with E-state index >= 15 is 0 Å². The molecule has 21 heavy (non-hydrogen) atoms. The number of pyridine rings is 2. The lowest BCUT2D eigenvalue weighted by atomic mass is 10.1. The van der Waals surface area contributed by atoms with Crippen LogP contribution < -0.4 is 0 Å². The number of esters is 1. The summed E-state index contributed by atoms with van der Waals surface area (Å²) in [7, 11) is 0. The molecule has 0 N–H and O–H groups in total. The average Bonchev–Trinajstić information content (AvgIpc) is 2.44. The lowest BCUT2D eigenvalue weighted by Gasteiger charge is -2.05. The molecule has 0 aromatic carbocycles. The van der Waals surface area contributed by atoms with Crippen molar-refractivity contribution < 1.29 is 9.53 Å². The maximum atomic E-state index is 11.3. The molecule has 0 saturated heterocycles. The van der Waals surface area contributed by atoms with Gasteiger partial charge in [0, 0.05) is 23.4 Å². The van der Waals surface area contributed by atoms with Gasteiger partial charge in [0.2, 0.25) is 0 Å². The first-order valence-electron chi connectivity index (χ1n) is 7.19. The van der Waals surface area contributed by atoms with Gasteiger partial charge in [0.05, 0.1) is 6.61 Å². The van der Waals surface area contributed by atoms with Gasteiger partial charge in [-0.15, -0.1) is 0 Å². The van der Waals surface area contributed by atoms with Crippen LogP contribution in [0.25, 0.3) is 17.1 Å². The zero-order chi connectivity index (χ0) is 15.2. The van der Waals surface area contributed by atoms with Crippen molar-refractivity contribution in [3.63, 3.8) is 0 Å². The van der Waals surface area contributed by atoms with Crippen LogP contribution in [-0.2, 0) is 16.0 Å². The predicted molar refractivity (Wildman–Crippen MR) is 83.7 cm³/mol. The van der Waals surface area contributed by atoms with E-state index in [1.54, 1.807) is 19.2 Å². The lowest BCUT2D eigenvalue weighted by Crippen LogP contribution is -1.99. The van der Waals surface area contributed by atoms with Crippen LogP contribution in [0.5, 0.6) is 0 Å². The highest BCUT2D eigenvalue weighted by Gasteiger charge is 2.03. The van der Waals surface area contributed by atoms with Crippen molar-refractivity contribution in [1.82, 2.24) is 9.97 Å². The fourth-order valence-electron chi connectivity index (χ4n) is 2.04. The Labute approximate surface area is 124 Å². The van der Waals surface area contributed by atoms with Crippen molar-refractivity contribution in [2.45, 2.75) is 27.2 Å². The Morgan fingerprint density at radius 1 is 1.38 bits per heavy atom. The molecule has 0 unspecified atom stereocenters. The Morgan fingerprint density at radius 2 is 2.19 bits per heavy atom. The highest BCUT2D eigenvalue weighted by atomic mass is 16.5. The fourth-order valence-corrected chi connectivity index (χ4v) is 2.04. The first kappa shape index (κ1) is 15.2. The van der Waals surface area contributed by atoms with Gasteiger partial charge in [-0.1, -0.05) is 13.8 Å². The summed E-state index contributed by atoms with van der Waals surface area (Å²) in [5, 5.41) is 0.966. The smallest absolute Gasteiger partial charge is 0.330 e. The molecule has 0 radical (unpaired) electrons. The molecule has 0 aliphatic carbocycles. The molecule has 2 rings (SSSR count). The molecule has 2 heterocycles. The van der Waals surface area contributed by atoms with E-state index < -0.39 is 0 Å². The largest absolute Gasteiger partial charge is 0.463 e. The molecule has 0 fully saturated rings. The van der Waals surface area contributed by atoms with Crippen molar-refractivity contribution in [3.8, 4) is 0 Å². The van der Waals surface area contributed by atoms with Crippen molar-refractivity contribution in [1.29, 1.82) is 0 Å². The zero-order valence-corrected chi connectivity index (χ0v) is 12.7. The molecule has 0 saturated carbocycles. The third-order valence-corrected chi connectivity index (χ3v) is 2.94. The monoisotopic (exact) mass is 284 g/mol. The third-order valence-electron chi connectivity index (χ3n) is 2.94. The number of hydrogen-bond acceptors (Lipinski definition) is 4. The maximum Gasteiger partial charge on any atom is 0.330 e. The van der Waals surface area contributed by atoms with E-state index in [1.807, 2.05) is 18.2 Å². The lowest BCUT2D eigenvalue weighted by molar-refractivity contribution is -0.137. The summed E-state index contributed by atoms with van der Waals surface area (Å²) in [6, 6.07) is 6.02. The van der Waals surface area contributed by atoms with Crippen LogP contribution in [0.3, 0.4) is 0 Å². The standard InChI is InChI=1S/C17H20N2O2/c1-4-21-16(20)8-5-13-10-14-6-7-15(9-12(2)3)19-17(14)18-11-13/h5-8,10-12H,4,9H2,1-3H3/b8-5+. The van der Waals surface area contributed by atoms with Gasteiger partial charge in [-0.2, -0.15) is 0 Å². The second-order valence-electron chi connectivity index (χ2n) is 5.30. The van der Waals surface area contributed by atoms with Gasteiger partial charge in [0.15, 0.2) is 5.65 Å². The van der Waals surface area contributed by atoms with Gasteiger partial charge in [0.25, 0.3) is 0 Å². The molecule has 0 aliphatic heterocycles. The predicted octanol–water partition coefficient (Wildman–Crippen LogP) is 3.40.